The van der Waals surface area contributed by atoms with Crippen molar-refractivity contribution >= 4 is 5.69 Å². The van der Waals surface area contributed by atoms with Gasteiger partial charge in [0.15, 0.2) is 0 Å². The SMILES string of the molecule is Cn1cc(N2CCN(Cc3ccc4c(c3)OCC4)CC2)cn1. The molecule has 0 N–H and O–H groups in total. The zero-order chi connectivity index (χ0) is 14.9. The van der Waals surface area contributed by atoms with Crippen LogP contribution in [0, 0.1) is 0 Å². The molecule has 0 bridgehead atoms. The maximum atomic E-state index is 5.67. The molecule has 1 aromatic heterocycles. The van der Waals surface area contributed by atoms with Crippen molar-refractivity contribution in [3.63, 3.8) is 0 Å². The van der Waals surface area contributed by atoms with E-state index >= 15 is 0 Å². The van der Waals surface area contributed by atoms with Crippen molar-refractivity contribution in [3.05, 3.63) is 41.7 Å². The Morgan fingerprint density at radius 2 is 2.05 bits per heavy atom. The Bertz CT molecular complexity index is 658. The van der Waals surface area contributed by atoms with E-state index < -0.39 is 0 Å². The van der Waals surface area contributed by atoms with E-state index in [2.05, 4.69) is 39.3 Å². The number of benzene rings is 1. The van der Waals surface area contributed by atoms with Crippen LogP contribution in [-0.4, -0.2) is 47.5 Å². The summed E-state index contributed by atoms with van der Waals surface area (Å²) in [4.78, 5) is 4.93. The van der Waals surface area contributed by atoms with E-state index in [1.807, 2.05) is 17.9 Å². The van der Waals surface area contributed by atoms with Gasteiger partial charge in [0.05, 0.1) is 18.5 Å². The number of aromatic nitrogens is 2. The van der Waals surface area contributed by atoms with E-state index in [1.54, 1.807) is 0 Å². The fourth-order valence-corrected chi connectivity index (χ4v) is 3.30. The molecule has 0 amide bonds. The van der Waals surface area contributed by atoms with Gasteiger partial charge in [-0.05, 0) is 17.2 Å². The average Bonchev–Trinajstić information content (AvgIpc) is 3.16. The Kier molecular flexibility index (Phi) is 3.50. The highest BCUT2D eigenvalue weighted by Crippen LogP contribution is 2.27. The highest BCUT2D eigenvalue weighted by atomic mass is 16.5. The smallest absolute Gasteiger partial charge is 0.122 e. The number of rotatable bonds is 3. The maximum absolute atomic E-state index is 5.67. The molecule has 0 radical (unpaired) electrons. The van der Waals surface area contributed by atoms with Gasteiger partial charge >= 0.3 is 0 Å². The van der Waals surface area contributed by atoms with Gasteiger partial charge in [0.25, 0.3) is 0 Å². The highest BCUT2D eigenvalue weighted by molar-refractivity contribution is 5.43. The summed E-state index contributed by atoms with van der Waals surface area (Å²) in [6.45, 7) is 6.15. The molecule has 0 atom stereocenters. The summed E-state index contributed by atoms with van der Waals surface area (Å²) in [5, 5.41) is 4.26. The molecule has 2 aliphatic rings. The minimum Gasteiger partial charge on any atom is -0.493 e. The molecular formula is C17H22N4O. The summed E-state index contributed by atoms with van der Waals surface area (Å²) < 4.78 is 7.54. The maximum Gasteiger partial charge on any atom is 0.122 e. The molecule has 22 heavy (non-hydrogen) atoms. The van der Waals surface area contributed by atoms with Crippen molar-refractivity contribution in [2.75, 3.05) is 37.7 Å². The van der Waals surface area contributed by atoms with Gasteiger partial charge in [0.2, 0.25) is 0 Å². The van der Waals surface area contributed by atoms with Crippen LogP contribution < -0.4 is 9.64 Å². The Morgan fingerprint density at radius 1 is 1.18 bits per heavy atom. The first-order valence-electron chi connectivity index (χ1n) is 7.98. The second-order valence-electron chi connectivity index (χ2n) is 6.18. The number of hydrogen-bond donors (Lipinski definition) is 0. The first-order chi connectivity index (χ1) is 10.8. The standard InChI is InChI=1S/C17H22N4O/c1-19-13-16(11-18-19)21-7-5-20(6-8-21)12-14-2-3-15-4-9-22-17(15)10-14/h2-3,10-11,13H,4-9,12H2,1H3. The first kappa shape index (κ1) is 13.6. The largest absolute Gasteiger partial charge is 0.493 e. The lowest BCUT2D eigenvalue weighted by atomic mass is 10.1. The van der Waals surface area contributed by atoms with E-state index in [9.17, 15) is 0 Å². The van der Waals surface area contributed by atoms with Crippen LogP contribution in [0.25, 0.3) is 0 Å². The number of fused-ring (bicyclic) bond motifs is 1. The summed E-state index contributed by atoms with van der Waals surface area (Å²) in [6.07, 6.45) is 5.10. The minimum atomic E-state index is 0.836. The molecule has 4 rings (SSSR count). The fraction of sp³-hybridized carbons (Fsp3) is 0.471. The van der Waals surface area contributed by atoms with Crippen LogP contribution in [0.3, 0.4) is 0 Å². The molecule has 116 valence electrons. The van der Waals surface area contributed by atoms with E-state index in [0.717, 1.165) is 51.5 Å². The van der Waals surface area contributed by atoms with Crippen molar-refractivity contribution in [2.45, 2.75) is 13.0 Å². The molecule has 0 aliphatic carbocycles. The molecule has 0 spiro atoms. The van der Waals surface area contributed by atoms with Crippen LogP contribution in [-0.2, 0) is 20.0 Å². The molecule has 2 aliphatic heterocycles. The summed E-state index contributed by atoms with van der Waals surface area (Å²) in [7, 11) is 1.97. The predicted octanol–water partition coefficient (Wildman–Crippen LogP) is 1.68. The second kappa shape index (κ2) is 5.65. The Hall–Kier alpha value is -2.01. The fourth-order valence-electron chi connectivity index (χ4n) is 3.30. The molecule has 1 aromatic carbocycles. The number of aryl methyl sites for hydroxylation is 1. The normalized spacial score (nSPS) is 18.3. The zero-order valence-electron chi connectivity index (χ0n) is 13.0. The molecule has 3 heterocycles. The van der Waals surface area contributed by atoms with E-state index in [4.69, 9.17) is 4.74 Å². The summed E-state index contributed by atoms with van der Waals surface area (Å²) in [6, 6.07) is 6.69. The van der Waals surface area contributed by atoms with Gasteiger partial charge in [-0.2, -0.15) is 5.10 Å². The van der Waals surface area contributed by atoms with Crippen LogP contribution in [0.1, 0.15) is 11.1 Å². The summed E-state index contributed by atoms with van der Waals surface area (Å²) >= 11 is 0. The third-order valence-corrected chi connectivity index (χ3v) is 4.60. The quantitative estimate of drug-likeness (QED) is 0.863. The number of piperazine rings is 1. The number of ether oxygens (including phenoxy) is 1. The molecular weight excluding hydrogens is 276 g/mol. The van der Waals surface area contributed by atoms with Crippen molar-refractivity contribution in [1.29, 1.82) is 0 Å². The van der Waals surface area contributed by atoms with Gasteiger partial charge in [0.1, 0.15) is 5.75 Å². The van der Waals surface area contributed by atoms with Crippen LogP contribution in [0.4, 0.5) is 5.69 Å². The predicted molar refractivity (Wildman–Crippen MR) is 86.3 cm³/mol. The van der Waals surface area contributed by atoms with Gasteiger partial charge in [-0.1, -0.05) is 12.1 Å². The van der Waals surface area contributed by atoms with Gasteiger partial charge < -0.3 is 9.64 Å². The Labute approximate surface area is 131 Å². The Balaban J connectivity index is 1.36. The van der Waals surface area contributed by atoms with E-state index in [0.29, 0.717) is 0 Å². The molecule has 5 nitrogen and oxygen atoms in total. The number of hydrogen-bond acceptors (Lipinski definition) is 4. The topological polar surface area (TPSA) is 33.5 Å². The van der Waals surface area contributed by atoms with Crippen molar-refractivity contribution in [1.82, 2.24) is 14.7 Å². The van der Waals surface area contributed by atoms with Gasteiger partial charge in [0, 0.05) is 52.4 Å². The van der Waals surface area contributed by atoms with Crippen LogP contribution in [0.5, 0.6) is 5.75 Å². The lowest BCUT2D eigenvalue weighted by Gasteiger charge is -2.35. The lowest BCUT2D eigenvalue weighted by Crippen LogP contribution is -2.45. The summed E-state index contributed by atoms with van der Waals surface area (Å²) in [5.74, 6) is 1.09. The van der Waals surface area contributed by atoms with Crippen LogP contribution in [0.2, 0.25) is 0 Å². The molecule has 1 saturated heterocycles. The van der Waals surface area contributed by atoms with Crippen LogP contribution >= 0.6 is 0 Å². The lowest BCUT2D eigenvalue weighted by molar-refractivity contribution is 0.249. The Morgan fingerprint density at radius 3 is 2.82 bits per heavy atom. The van der Waals surface area contributed by atoms with Gasteiger partial charge in [-0.25, -0.2) is 0 Å². The molecule has 0 saturated carbocycles. The first-order valence-corrected chi connectivity index (χ1v) is 7.98. The van der Waals surface area contributed by atoms with Crippen molar-refractivity contribution in [3.8, 4) is 5.75 Å². The molecule has 2 aromatic rings. The van der Waals surface area contributed by atoms with Crippen molar-refractivity contribution < 1.29 is 4.74 Å². The second-order valence-corrected chi connectivity index (χ2v) is 6.18. The average molecular weight is 298 g/mol. The minimum absolute atomic E-state index is 0.836. The molecule has 5 heteroatoms. The van der Waals surface area contributed by atoms with Gasteiger partial charge in [-0.15, -0.1) is 0 Å². The van der Waals surface area contributed by atoms with E-state index in [-0.39, 0.29) is 0 Å². The molecule has 0 unspecified atom stereocenters. The van der Waals surface area contributed by atoms with Crippen LogP contribution in [0.15, 0.2) is 30.6 Å². The van der Waals surface area contributed by atoms with Gasteiger partial charge in [-0.3, -0.25) is 9.58 Å². The third kappa shape index (κ3) is 2.68. The number of nitrogens with zero attached hydrogens (tertiary/aromatic N) is 4. The highest BCUT2D eigenvalue weighted by Gasteiger charge is 2.19. The zero-order valence-corrected chi connectivity index (χ0v) is 13.0. The van der Waals surface area contributed by atoms with Crippen molar-refractivity contribution in [2.24, 2.45) is 7.05 Å². The van der Waals surface area contributed by atoms with E-state index in [1.165, 1.54) is 16.8 Å². The molecule has 1 fully saturated rings. The summed E-state index contributed by atoms with van der Waals surface area (Å²) in [5.41, 5.74) is 3.94. The monoisotopic (exact) mass is 298 g/mol. The third-order valence-electron chi connectivity index (χ3n) is 4.60. The number of anilines is 1.